The third-order valence-electron chi connectivity index (χ3n) is 4.47. The van der Waals surface area contributed by atoms with Gasteiger partial charge in [0, 0.05) is 23.9 Å². The zero-order valence-corrected chi connectivity index (χ0v) is 16.1. The molecule has 3 aromatic rings. The normalized spacial score (nSPS) is 11.1. The van der Waals surface area contributed by atoms with Crippen LogP contribution in [-0.4, -0.2) is 38.8 Å². The second kappa shape index (κ2) is 8.80. The molecule has 1 N–H and O–H groups in total. The molecule has 28 heavy (non-hydrogen) atoms. The van der Waals surface area contributed by atoms with Gasteiger partial charge in [-0.2, -0.15) is 5.10 Å². The van der Waals surface area contributed by atoms with E-state index in [-0.39, 0.29) is 12.4 Å². The first-order valence-corrected chi connectivity index (χ1v) is 9.32. The first-order chi connectivity index (χ1) is 13.5. The van der Waals surface area contributed by atoms with E-state index < -0.39 is 5.97 Å². The minimum atomic E-state index is -0.850. The Morgan fingerprint density at radius 2 is 1.96 bits per heavy atom. The molecule has 6 heteroatoms. The number of carbonyl (C=O) groups is 1. The van der Waals surface area contributed by atoms with Crippen LogP contribution in [0.15, 0.2) is 54.7 Å². The summed E-state index contributed by atoms with van der Waals surface area (Å²) in [6.07, 6.45) is 2.76. The molecule has 0 bridgehead atoms. The number of nitrogens with zero attached hydrogens (tertiary/aromatic N) is 3. The number of aliphatic carboxylic acids is 1. The highest BCUT2D eigenvalue weighted by Gasteiger charge is 2.17. The van der Waals surface area contributed by atoms with Gasteiger partial charge in [-0.1, -0.05) is 30.7 Å². The Kier molecular flexibility index (Phi) is 6.21. The van der Waals surface area contributed by atoms with E-state index >= 15 is 0 Å². The molecule has 0 aliphatic rings. The molecule has 0 saturated carbocycles. The average molecular weight is 381 g/mol. The summed E-state index contributed by atoms with van der Waals surface area (Å²) in [5.74, 6) is -1.15. The SMILES string of the molecule is CCCN(CC(=O)O)Cc1cn(-c2ccc(F)cc2)nc1-c1cccc(C)c1. The van der Waals surface area contributed by atoms with E-state index in [2.05, 4.69) is 6.07 Å². The van der Waals surface area contributed by atoms with Crippen molar-refractivity contribution in [2.24, 2.45) is 0 Å². The number of benzene rings is 2. The highest BCUT2D eigenvalue weighted by molar-refractivity contribution is 5.69. The molecule has 0 spiro atoms. The van der Waals surface area contributed by atoms with Gasteiger partial charge in [-0.05, 0) is 50.2 Å². The van der Waals surface area contributed by atoms with Gasteiger partial charge in [0.15, 0.2) is 0 Å². The van der Waals surface area contributed by atoms with Gasteiger partial charge in [0.2, 0.25) is 0 Å². The summed E-state index contributed by atoms with van der Waals surface area (Å²) < 4.78 is 15.0. The fourth-order valence-electron chi connectivity index (χ4n) is 3.25. The monoisotopic (exact) mass is 381 g/mol. The maximum absolute atomic E-state index is 13.3. The molecule has 0 amide bonds. The molecule has 1 heterocycles. The number of carboxylic acid groups (broad SMARTS) is 1. The van der Waals surface area contributed by atoms with Crippen LogP contribution >= 0.6 is 0 Å². The Bertz CT molecular complexity index is 951. The number of hydrogen-bond acceptors (Lipinski definition) is 3. The van der Waals surface area contributed by atoms with Gasteiger partial charge in [0.1, 0.15) is 5.82 Å². The van der Waals surface area contributed by atoms with E-state index in [1.807, 2.05) is 43.1 Å². The summed E-state index contributed by atoms with van der Waals surface area (Å²) in [7, 11) is 0. The Morgan fingerprint density at radius 3 is 2.61 bits per heavy atom. The van der Waals surface area contributed by atoms with Crippen molar-refractivity contribution >= 4 is 5.97 Å². The van der Waals surface area contributed by atoms with Gasteiger partial charge in [-0.25, -0.2) is 9.07 Å². The minimum Gasteiger partial charge on any atom is -0.480 e. The number of hydrogen-bond donors (Lipinski definition) is 1. The fourth-order valence-corrected chi connectivity index (χ4v) is 3.25. The van der Waals surface area contributed by atoms with Gasteiger partial charge in [-0.3, -0.25) is 9.69 Å². The smallest absolute Gasteiger partial charge is 0.317 e. The van der Waals surface area contributed by atoms with E-state index in [1.165, 1.54) is 12.1 Å². The summed E-state index contributed by atoms with van der Waals surface area (Å²) in [5.41, 5.74) is 4.59. The van der Waals surface area contributed by atoms with Gasteiger partial charge >= 0.3 is 5.97 Å². The van der Waals surface area contributed by atoms with Gasteiger partial charge in [0.25, 0.3) is 0 Å². The fraction of sp³-hybridized carbons (Fsp3) is 0.273. The Labute approximate surface area is 164 Å². The summed E-state index contributed by atoms with van der Waals surface area (Å²) in [6, 6.07) is 14.2. The van der Waals surface area contributed by atoms with Crippen molar-refractivity contribution in [1.29, 1.82) is 0 Å². The second-order valence-electron chi connectivity index (χ2n) is 6.90. The van der Waals surface area contributed by atoms with E-state index in [4.69, 9.17) is 5.10 Å². The van der Waals surface area contributed by atoms with Crippen LogP contribution in [0.25, 0.3) is 16.9 Å². The van der Waals surface area contributed by atoms with Crippen molar-refractivity contribution in [2.45, 2.75) is 26.8 Å². The molecular weight excluding hydrogens is 357 g/mol. The first kappa shape index (κ1) is 19.8. The quantitative estimate of drug-likeness (QED) is 0.633. The van der Waals surface area contributed by atoms with E-state index in [1.54, 1.807) is 16.8 Å². The highest BCUT2D eigenvalue weighted by Crippen LogP contribution is 2.26. The van der Waals surface area contributed by atoms with Gasteiger partial charge in [-0.15, -0.1) is 0 Å². The lowest BCUT2D eigenvalue weighted by Crippen LogP contribution is -2.30. The predicted molar refractivity (Wildman–Crippen MR) is 107 cm³/mol. The molecule has 2 aromatic carbocycles. The van der Waals surface area contributed by atoms with Gasteiger partial charge < -0.3 is 5.11 Å². The summed E-state index contributed by atoms with van der Waals surface area (Å²) >= 11 is 0. The van der Waals surface area contributed by atoms with Crippen LogP contribution in [-0.2, 0) is 11.3 Å². The van der Waals surface area contributed by atoms with Crippen LogP contribution in [0.4, 0.5) is 4.39 Å². The third kappa shape index (κ3) is 4.84. The van der Waals surface area contributed by atoms with Crippen molar-refractivity contribution in [1.82, 2.24) is 14.7 Å². The number of aryl methyl sites for hydroxylation is 1. The maximum Gasteiger partial charge on any atom is 0.317 e. The zero-order valence-electron chi connectivity index (χ0n) is 16.1. The molecule has 0 radical (unpaired) electrons. The van der Waals surface area contributed by atoms with E-state index in [9.17, 15) is 14.3 Å². The molecular formula is C22H24FN3O2. The summed E-state index contributed by atoms with van der Waals surface area (Å²) in [5, 5.41) is 14.0. The molecule has 0 saturated heterocycles. The second-order valence-corrected chi connectivity index (χ2v) is 6.90. The van der Waals surface area contributed by atoms with E-state index in [0.717, 1.165) is 34.5 Å². The Balaban J connectivity index is 2.02. The van der Waals surface area contributed by atoms with Crippen LogP contribution in [0.3, 0.4) is 0 Å². The van der Waals surface area contributed by atoms with Crippen molar-refractivity contribution in [2.75, 3.05) is 13.1 Å². The van der Waals surface area contributed by atoms with Crippen molar-refractivity contribution in [3.63, 3.8) is 0 Å². The summed E-state index contributed by atoms with van der Waals surface area (Å²) in [4.78, 5) is 13.1. The number of carboxylic acids is 1. The maximum atomic E-state index is 13.3. The molecule has 0 atom stereocenters. The predicted octanol–water partition coefficient (Wildman–Crippen LogP) is 4.28. The topological polar surface area (TPSA) is 58.4 Å². The van der Waals surface area contributed by atoms with Crippen LogP contribution in [0.2, 0.25) is 0 Å². The molecule has 0 aliphatic carbocycles. The number of aromatic nitrogens is 2. The van der Waals surface area contributed by atoms with Gasteiger partial charge in [0.05, 0.1) is 17.9 Å². The molecule has 0 unspecified atom stereocenters. The van der Waals surface area contributed by atoms with Crippen LogP contribution in [0.1, 0.15) is 24.5 Å². The Hall–Kier alpha value is -2.99. The number of halogens is 1. The lowest BCUT2D eigenvalue weighted by Gasteiger charge is -2.19. The van der Waals surface area contributed by atoms with Crippen LogP contribution < -0.4 is 0 Å². The number of rotatable bonds is 8. The van der Waals surface area contributed by atoms with Crippen LogP contribution in [0.5, 0.6) is 0 Å². The standard InChI is InChI=1S/C22H24FN3O2/c1-3-11-25(15-21(27)28)13-18-14-26(20-9-7-19(23)8-10-20)24-22(18)17-6-4-5-16(2)12-17/h4-10,12,14H,3,11,13,15H2,1-2H3,(H,27,28). The molecule has 146 valence electrons. The van der Waals surface area contributed by atoms with Crippen molar-refractivity contribution in [3.05, 3.63) is 71.7 Å². The Morgan fingerprint density at radius 1 is 1.21 bits per heavy atom. The highest BCUT2D eigenvalue weighted by atomic mass is 19.1. The van der Waals surface area contributed by atoms with Crippen LogP contribution in [0, 0.1) is 12.7 Å². The first-order valence-electron chi connectivity index (χ1n) is 9.32. The largest absolute Gasteiger partial charge is 0.480 e. The minimum absolute atomic E-state index is 0.0250. The molecule has 3 rings (SSSR count). The third-order valence-corrected chi connectivity index (χ3v) is 4.47. The molecule has 0 fully saturated rings. The van der Waals surface area contributed by atoms with Crippen molar-refractivity contribution in [3.8, 4) is 16.9 Å². The lowest BCUT2D eigenvalue weighted by atomic mass is 10.1. The molecule has 5 nitrogen and oxygen atoms in total. The van der Waals surface area contributed by atoms with E-state index in [0.29, 0.717) is 13.1 Å². The molecule has 1 aromatic heterocycles. The van der Waals surface area contributed by atoms with Crippen molar-refractivity contribution < 1.29 is 14.3 Å². The lowest BCUT2D eigenvalue weighted by molar-refractivity contribution is -0.138. The molecule has 0 aliphatic heterocycles. The zero-order chi connectivity index (χ0) is 20.1. The summed E-state index contributed by atoms with van der Waals surface area (Å²) in [6.45, 7) is 5.18. The average Bonchev–Trinajstić information content (AvgIpc) is 3.06.